The molecule has 2 rings (SSSR count). The van der Waals surface area contributed by atoms with Crippen LogP contribution in [0.25, 0.3) is 0 Å². The summed E-state index contributed by atoms with van der Waals surface area (Å²) in [6.45, 7) is 4.71. The van der Waals surface area contributed by atoms with Crippen molar-refractivity contribution in [1.29, 1.82) is 0 Å². The van der Waals surface area contributed by atoms with E-state index in [1.807, 2.05) is 29.3 Å². The smallest absolute Gasteiger partial charge is 0.338 e. The first kappa shape index (κ1) is 21.4. The third kappa shape index (κ3) is 5.52. The van der Waals surface area contributed by atoms with Crippen molar-refractivity contribution >= 4 is 40.6 Å². The van der Waals surface area contributed by atoms with Crippen LogP contribution in [0.15, 0.2) is 28.8 Å². The fraction of sp³-hybridized carbons (Fsp3) is 0.526. The third-order valence-electron chi connectivity index (χ3n) is 4.41. The lowest BCUT2D eigenvalue weighted by Gasteiger charge is -2.37. The van der Waals surface area contributed by atoms with Crippen molar-refractivity contribution in [2.45, 2.75) is 45.6 Å². The molecule has 1 aliphatic rings. The average Bonchev–Trinajstić information content (AvgIpc) is 3.17. The van der Waals surface area contributed by atoms with E-state index in [0.717, 1.165) is 29.8 Å². The molecule has 0 bridgehead atoms. The molecular formula is C19H26N2O4S2. The highest BCUT2D eigenvalue weighted by Crippen LogP contribution is 2.33. The lowest BCUT2D eigenvalue weighted by Crippen LogP contribution is -2.48. The summed E-state index contributed by atoms with van der Waals surface area (Å²) in [4.78, 5) is 26.8. The van der Waals surface area contributed by atoms with Crippen LogP contribution in [0, 0.1) is 0 Å². The van der Waals surface area contributed by atoms with Crippen LogP contribution in [0.1, 0.15) is 50.4 Å². The van der Waals surface area contributed by atoms with E-state index in [2.05, 4.69) is 10.1 Å². The molecule has 0 radical (unpaired) electrons. The van der Waals surface area contributed by atoms with E-state index in [1.165, 1.54) is 7.11 Å². The van der Waals surface area contributed by atoms with Crippen LogP contribution >= 0.6 is 23.6 Å². The molecule has 0 saturated heterocycles. The highest BCUT2D eigenvalue weighted by atomic mass is 32.1. The van der Waals surface area contributed by atoms with Crippen molar-refractivity contribution in [3.8, 4) is 0 Å². The van der Waals surface area contributed by atoms with Gasteiger partial charge in [-0.15, -0.1) is 11.3 Å². The Hall–Kier alpha value is -1.93. The largest absolute Gasteiger partial charge is 0.469 e. The van der Waals surface area contributed by atoms with Crippen LogP contribution in [0.4, 0.5) is 0 Å². The van der Waals surface area contributed by atoms with Gasteiger partial charge in [-0.2, -0.15) is 0 Å². The van der Waals surface area contributed by atoms with Crippen molar-refractivity contribution in [3.63, 3.8) is 0 Å². The van der Waals surface area contributed by atoms with E-state index < -0.39 is 0 Å². The fourth-order valence-corrected chi connectivity index (χ4v) is 4.14. The summed E-state index contributed by atoms with van der Waals surface area (Å²) in [5, 5.41) is 5.87. The molecule has 0 fully saturated rings. The number of methoxy groups -OCH3 is 1. The monoisotopic (exact) mass is 410 g/mol. The predicted octanol–water partition coefficient (Wildman–Crippen LogP) is 3.55. The molecule has 0 aromatic carbocycles. The second-order valence-corrected chi connectivity index (χ2v) is 7.52. The molecule has 2 heterocycles. The van der Waals surface area contributed by atoms with Crippen LogP contribution in [0.2, 0.25) is 0 Å². The summed E-state index contributed by atoms with van der Waals surface area (Å²) in [7, 11) is 1.40. The zero-order chi connectivity index (χ0) is 19.8. The minimum atomic E-state index is -0.320. The van der Waals surface area contributed by atoms with Gasteiger partial charge >= 0.3 is 11.9 Å². The summed E-state index contributed by atoms with van der Waals surface area (Å²) in [6, 6.07) is 3.66. The van der Waals surface area contributed by atoms with Crippen LogP contribution in [0.5, 0.6) is 0 Å². The number of ether oxygens (including phenoxy) is 2. The number of thiocarbonyl (C=S) groups is 1. The Morgan fingerprint density at radius 1 is 1.33 bits per heavy atom. The maximum atomic E-state index is 12.6. The maximum Gasteiger partial charge on any atom is 0.338 e. The summed E-state index contributed by atoms with van der Waals surface area (Å²) in [5.41, 5.74) is 1.42. The zero-order valence-electron chi connectivity index (χ0n) is 15.9. The van der Waals surface area contributed by atoms with Gasteiger partial charge in [-0.05, 0) is 50.4 Å². The fourth-order valence-electron chi connectivity index (χ4n) is 3.01. The van der Waals surface area contributed by atoms with E-state index in [9.17, 15) is 9.59 Å². The van der Waals surface area contributed by atoms with Gasteiger partial charge in [0.05, 0.1) is 25.3 Å². The van der Waals surface area contributed by atoms with Gasteiger partial charge in [0, 0.05) is 23.5 Å². The minimum Gasteiger partial charge on any atom is -0.469 e. The van der Waals surface area contributed by atoms with Crippen molar-refractivity contribution in [1.82, 2.24) is 10.2 Å². The molecule has 1 N–H and O–H groups in total. The Morgan fingerprint density at radius 3 is 2.74 bits per heavy atom. The number of hydrogen-bond acceptors (Lipinski definition) is 6. The van der Waals surface area contributed by atoms with Crippen LogP contribution in [0.3, 0.4) is 0 Å². The van der Waals surface area contributed by atoms with Gasteiger partial charge < -0.3 is 19.7 Å². The minimum absolute atomic E-state index is 0.190. The number of allylic oxidation sites excluding steroid dienone is 1. The number of carbonyl (C=O) groups excluding carboxylic acids is 2. The number of nitrogens with zero attached hydrogens (tertiary/aromatic N) is 1. The van der Waals surface area contributed by atoms with E-state index in [-0.39, 0.29) is 18.0 Å². The quantitative estimate of drug-likeness (QED) is 0.379. The van der Waals surface area contributed by atoms with E-state index >= 15 is 0 Å². The summed E-state index contributed by atoms with van der Waals surface area (Å²) in [6.07, 6.45) is 2.93. The van der Waals surface area contributed by atoms with Crippen molar-refractivity contribution < 1.29 is 19.1 Å². The number of rotatable bonds is 9. The van der Waals surface area contributed by atoms with Gasteiger partial charge in [-0.3, -0.25) is 4.79 Å². The topological polar surface area (TPSA) is 67.9 Å². The molecule has 1 aromatic heterocycles. The van der Waals surface area contributed by atoms with Crippen LogP contribution in [-0.2, 0) is 19.1 Å². The number of hydrogen-bond donors (Lipinski definition) is 1. The molecule has 1 atom stereocenters. The average molecular weight is 411 g/mol. The Kier molecular flexibility index (Phi) is 8.24. The number of thiophene rings is 1. The van der Waals surface area contributed by atoms with Gasteiger partial charge in [0.2, 0.25) is 0 Å². The molecule has 0 spiro atoms. The van der Waals surface area contributed by atoms with E-state index in [4.69, 9.17) is 17.0 Å². The van der Waals surface area contributed by atoms with Gasteiger partial charge in [-0.25, -0.2) is 4.79 Å². The van der Waals surface area contributed by atoms with E-state index in [1.54, 1.807) is 18.3 Å². The number of carbonyl (C=O) groups is 2. The molecule has 0 aliphatic carbocycles. The predicted molar refractivity (Wildman–Crippen MR) is 109 cm³/mol. The second kappa shape index (κ2) is 10.4. The van der Waals surface area contributed by atoms with Gasteiger partial charge in [0.15, 0.2) is 5.11 Å². The number of esters is 2. The molecule has 0 saturated carbocycles. The first-order chi connectivity index (χ1) is 13.0. The maximum absolute atomic E-state index is 12.6. The second-order valence-electron chi connectivity index (χ2n) is 6.16. The molecule has 1 aliphatic heterocycles. The first-order valence-corrected chi connectivity index (χ1v) is 10.3. The molecule has 0 amide bonds. The van der Waals surface area contributed by atoms with Crippen LogP contribution in [-0.4, -0.2) is 42.2 Å². The molecule has 8 heteroatoms. The van der Waals surface area contributed by atoms with Gasteiger partial charge in [0.1, 0.15) is 0 Å². The van der Waals surface area contributed by atoms with Gasteiger partial charge in [0.25, 0.3) is 0 Å². The summed E-state index contributed by atoms with van der Waals surface area (Å²) >= 11 is 7.13. The molecule has 0 unspecified atom stereocenters. The highest BCUT2D eigenvalue weighted by molar-refractivity contribution is 7.80. The number of nitrogens with one attached hydrogen (secondary N) is 1. The lowest BCUT2D eigenvalue weighted by atomic mass is 10.0. The van der Waals surface area contributed by atoms with Gasteiger partial charge in [-0.1, -0.05) is 12.5 Å². The Labute approximate surface area is 169 Å². The Balaban J connectivity index is 2.12. The lowest BCUT2D eigenvalue weighted by molar-refractivity contribution is -0.141. The third-order valence-corrected chi connectivity index (χ3v) is 5.69. The molecule has 1 aromatic rings. The Bertz CT molecular complexity index is 701. The molecular weight excluding hydrogens is 384 g/mol. The van der Waals surface area contributed by atoms with Crippen molar-refractivity contribution in [3.05, 3.63) is 33.7 Å². The Morgan fingerprint density at radius 2 is 2.11 bits per heavy atom. The molecule has 27 heavy (non-hydrogen) atoms. The SMILES string of the molecule is CCOC(=O)C1=C(C)N(CCCCCC(=O)OC)C(=S)N[C@@H]1c1cccs1. The van der Waals surface area contributed by atoms with Crippen molar-refractivity contribution in [2.75, 3.05) is 20.3 Å². The van der Waals surface area contributed by atoms with E-state index in [0.29, 0.717) is 30.3 Å². The van der Waals surface area contributed by atoms with Crippen molar-refractivity contribution in [2.24, 2.45) is 0 Å². The first-order valence-electron chi connectivity index (χ1n) is 9.05. The zero-order valence-corrected chi connectivity index (χ0v) is 17.6. The van der Waals surface area contributed by atoms with Crippen LogP contribution < -0.4 is 5.32 Å². The summed E-state index contributed by atoms with van der Waals surface area (Å²) in [5.74, 6) is -0.510. The standard InChI is InChI=1S/C19H26N2O4S2/c1-4-25-18(23)16-13(2)21(11-7-5-6-10-15(22)24-3)19(26)20-17(16)14-9-8-12-27-14/h8-9,12,17H,4-7,10-11H2,1-3H3,(H,20,26)/t17-/m1/s1. The highest BCUT2D eigenvalue weighted by Gasteiger charge is 2.34. The summed E-state index contributed by atoms with van der Waals surface area (Å²) < 4.78 is 9.95. The molecule has 6 nitrogen and oxygen atoms in total. The molecule has 148 valence electrons. The number of unbranched alkanes of at least 4 members (excludes halogenated alkanes) is 2. The normalized spacial score (nSPS) is 16.9.